The van der Waals surface area contributed by atoms with E-state index in [4.69, 9.17) is 0 Å². The zero-order valence-corrected chi connectivity index (χ0v) is 15.5. The molecule has 4 rings (SSSR count). The van der Waals surface area contributed by atoms with E-state index >= 15 is 0 Å². The second-order valence-corrected chi connectivity index (χ2v) is 7.46. The lowest BCUT2D eigenvalue weighted by Gasteiger charge is -2.21. The molecule has 2 aliphatic rings. The van der Waals surface area contributed by atoms with Crippen LogP contribution in [0.4, 0.5) is 11.4 Å². The van der Waals surface area contributed by atoms with Gasteiger partial charge in [-0.05, 0) is 54.2 Å². The average molecular weight is 385 g/mol. The van der Waals surface area contributed by atoms with Crippen molar-refractivity contribution in [1.29, 1.82) is 0 Å². The molecule has 4 heteroatoms. The Kier molecular flexibility index (Phi) is 4.09. The summed E-state index contributed by atoms with van der Waals surface area (Å²) in [6.45, 7) is 4.56. The van der Waals surface area contributed by atoms with Crippen LogP contribution in [0.25, 0.3) is 0 Å². The summed E-state index contributed by atoms with van der Waals surface area (Å²) in [6, 6.07) is 13.1. The zero-order chi connectivity index (χ0) is 16.7. The van der Waals surface area contributed by atoms with Crippen LogP contribution < -0.4 is 9.80 Å². The Balaban J connectivity index is 1.54. The molecule has 0 saturated carbocycles. The van der Waals surface area contributed by atoms with Gasteiger partial charge >= 0.3 is 0 Å². The fourth-order valence-corrected chi connectivity index (χ4v) is 4.45. The Bertz CT molecular complexity index is 802. The van der Waals surface area contributed by atoms with E-state index in [1.54, 1.807) is 6.92 Å². The number of halogens is 1. The quantitative estimate of drug-likeness (QED) is 0.799. The normalized spacial score (nSPS) is 15.6. The third-order valence-corrected chi connectivity index (χ3v) is 5.90. The summed E-state index contributed by atoms with van der Waals surface area (Å²) in [6.07, 6.45) is 3.07. The molecule has 2 aromatic rings. The summed E-state index contributed by atoms with van der Waals surface area (Å²) in [5, 5.41) is 0. The van der Waals surface area contributed by atoms with Gasteiger partial charge in [-0.25, -0.2) is 0 Å². The SMILES string of the molecule is CC(=O)N1CCc2cc(Br)c(CCN3CCc4ccccc43)cc21. The molecule has 0 aliphatic carbocycles. The van der Waals surface area contributed by atoms with Crippen LogP contribution in [0.1, 0.15) is 23.6 Å². The lowest BCUT2D eigenvalue weighted by Crippen LogP contribution is -2.26. The third-order valence-electron chi connectivity index (χ3n) is 5.16. The van der Waals surface area contributed by atoms with Gasteiger partial charge in [0.25, 0.3) is 0 Å². The molecule has 0 bridgehead atoms. The summed E-state index contributed by atoms with van der Waals surface area (Å²) in [5.41, 5.74) is 6.48. The van der Waals surface area contributed by atoms with Crippen molar-refractivity contribution < 1.29 is 4.79 Å². The van der Waals surface area contributed by atoms with Crippen LogP contribution >= 0.6 is 15.9 Å². The lowest BCUT2D eigenvalue weighted by atomic mass is 10.1. The van der Waals surface area contributed by atoms with Gasteiger partial charge in [-0.2, -0.15) is 0 Å². The van der Waals surface area contributed by atoms with Crippen LogP contribution in [-0.2, 0) is 24.1 Å². The Morgan fingerprint density at radius 1 is 1.08 bits per heavy atom. The second kappa shape index (κ2) is 6.25. The number of fused-ring (bicyclic) bond motifs is 2. The van der Waals surface area contributed by atoms with Crippen molar-refractivity contribution in [3.8, 4) is 0 Å². The molecular weight excluding hydrogens is 364 g/mol. The molecule has 0 aromatic heterocycles. The molecule has 0 N–H and O–H groups in total. The molecule has 0 unspecified atom stereocenters. The number of benzene rings is 2. The standard InChI is InChI=1S/C20H21BrN2O/c1-14(24)23-11-8-17-12-18(21)16(13-20(17)23)7-10-22-9-6-15-4-2-3-5-19(15)22/h2-5,12-13H,6-11H2,1H3. The van der Waals surface area contributed by atoms with Crippen LogP contribution in [0.2, 0.25) is 0 Å². The van der Waals surface area contributed by atoms with Gasteiger partial charge in [-0.1, -0.05) is 34.1 Å². The molecule has 0 fully saturated rings. The van der Waals surface area contributed by atoms with Gasteiger partial charge in [-0.15, -0.1) is 0 Å². The van der Waals surface area contributed by atoms with Gasteiger partial charge in [-0.3, -0.25) is 4.79 Å². The molecule has 2 aliphatic heterocycles. The van der Waals surface area contributed by atoms with E-state index in [1.165, 1.54) is 26.9 Å². The highest BCUT2D eigenvalue weighted by atomic mass is 79.9. The highest BCUT2D eigenvalue weighted by Gasteiger charge is 2.24. The molecule has 0 radical (unpaired) electrons. The van der Waals surface area contributed by atoms with Crippen molar-refractivity contribution in [3.63, 3.8) is 0 Å². The summed E-state index contributed by atoms with van der Waals surface area (Å²) in [4.78, 5) is 16.2. The molecule has 0 saturated heterocycles. The monoisotopic (exact) mass is 384 g/mol. The average Bonchev–Trinajstić information content (AvgIpc) is 3.16. The highest BCUT2D eigenvalue weighted by molar-refractivity contribution is 9.10. The molecule has 24 heavy (non-hydrogen) atoms. The lowest BCUT2D eigenvalue weighted by molar-refractivity contribution is -0.116. The molecule has 124 valence electrons. The highest BCUT2D eigenvalue weighted by Crippen LogP contribution is 2.34. The van der Waals surface area contributed by atoms with Crippen LogP contribution in [0.5, 0.6) is 0 Å². The smallest absolute Gasteiger partial charge is 0.223 e. The van der Waals surface area contributed by atoms with E-state index in [2.05, 4.69) is 57.2 Å². The van der Waals surface area contributed by atoms with Crippen molar-refractivity contribution >= 4 is 33.2 Å². The Labute approximate surface area is 151 Å². The summed E-state index contributed by atoms with van der Waals surface area (Å²) < 4.78 is 1.17. The maximum atomic E-state index is 11.8. The number of para-hydroxylation sites is 1. The van der Waals surface area contributed by atoms with E-state index in [0.29, 0.717) is 0 Å². The molecule has 2 heterocycles. The van der Waals surface area contributed by atoms with E-state index in [9.17, 15) is 4.79 Å². The minimum Gasteiger partial charge on any atom is -0.371 e. The summed E-state index contributed by atoms with van der Waals surface area (Å²) in [5.74, 6) is 0.135. The van der Waals surface area contributed by atoms with Gasteiger partial charge in [0, 0.05) is 42.4 Å². The van der Waals surface area contributed by atoms with Crippen molar-refractivity contribution in [2.75, 3.05) is 29.4 Å². The molecular formula is C20H21BrN2O. The largest absolute Gasteiger partial charge is 0.371 e. The number of rotatable bonds is 3. The van der Waals surface area contributed by atoms with Crippen LogP contribution in [0.3, 0.4) is 0 Å². The molecule has 1 amide bonds. The van der Waals surface area contributed by atoms with Crippen molar-refractivity contribution in [3.05, 3.63) is 57.6 Å². The second-order valence-electron chi connectivity index (χ2n) is 6.61. The Morgan fingerprint density at radius 2 is 1.88 bits per heavy atom. The number of amides is 1. The van der Waals surface area contributed by atoms with Gasteiger partial charge in [0.05, 0.1) is 0 Å². The fourth-order valence-electron chi connectivity index (χ4n) is 3.86. The first-order valence-electron chi connectivity index (χ1n) is 8.56. The predicted molar refractivity (Wildman–Crippen MR) is 102 cm³/mol. The number of carbonyl (C=O) groups is 1. The van der Waals surface area contributed by atoms with Crippen LogP contribution in [-0.4, -0.2) is 25.5 Å². The predicted octanol–water partition coefficient (Wildman–Crippen LogP) is 3.96. The third kappa shape index (κ3) is 2.73. The van der Waals surface area contributed by atoms with Crippen LogP contribution in [0.15, 0.2) is 40.9 Å². The first-order valence-corrected chi connectivity index (χ1v) is 9.35. The zero-order valence-electron chi connectivity index (χ0n) is 13.9. The summed E-state index contributed by atoms with van der Waals surface area (Å²) in [7, 11) is 0. The minimum absolute atomic E-state index is 0.135. The van der Waals surface area contributed by atoms with Gasteiger partial charge in [0.2, 0.25) is 5.91 Å². The number of hydrogen-bond donors (Lipinski definition) is 0. The number of hydrogen-bond acceptors (Lipinski definition) is 2. The van der Waals surface area contributed by atoms with Gasteiger partial charge < -0.3 is 9.80 Å². The molecule has 0 spiro atoms. The first kappa shape index (κ1) is 15.7. The maximum Gasteiger partial charge on any atom is 0.223 e. The minimum atomic E-state index is 0.135. The van der Waals surface area contributed by atoms with E-state index in [0.717, 1.165) is 44.6 Å². The summed E-state index contributed by atoms with van der Waals surface area (Å²) >= 11 is 3.73. The number of anilines is 2. The van der Waals surface area contributed by atoms with Crippen molar-refractivity contribution in [1.82, 2.24) is 0 Å². The number of nitrogens with zero attached hydrogens (tertiary/aromatic N) is 2. The topological polar surface area (TPSA) is 23.6 Å². The van der Waals surface area contributed by atoms with Gasteiger partial charge in [0.1, 0.15) is 0 Å². The van der Waals surface area contributed by atoms with E-state index < -0.39 is 0 Å². The molecule has 3 nitrogen and oxygen atoms in total. The molecule has 0 atom stereocenters. The van der Waals surface area contributed by atoms with Crippen LogP contribution in [0, 0.1) is 0 Å². The molecule has 2 aromatic carbocycles. The maximum absolute atomic E-state index is 11.8. The first-order chi connectivity index (χ1) is 11.6. The Hall–Kier alpha value is -1.81. The number of carbonyl (C=O) groups excluding carboxylic acids is 1. The van der Waals surface area contributed by atoms with Gasteiger partial charge in [0.15, 0.2) is 0 Å². The van der Waals surface area contributed by atoms with E-state index in [-0.39, 0.29) is 5.91 Å². The van der Waals surface area contributed by atoms with Crippen molar-refractivity contribution in [2.45, 2.75) is 26.2 Å². The van der Waals surface area contributed by atoms with Crippen molar-refractivity contribution in [2.24, 2.45) is 0 Å². The fraction of sp³-hybridized carbons (Fsp3) is 0.350. The van der Waals surface area contributed by atoms with E-state index in [1.807, 2.05) is 4.90 Å². The Morgan fingerprint density at radius 3 is 2.71 bits per heavy atom.